The lowest BCUT2D eigenvalue weighted by molar-refractivity contribution is 1.27. The first-order valence-electron chi connectivity index (χ1n) is 4.53. The minimum atomic E-state index is 0.648. The summed E-state index contributed by atoms with van der Waals surface area (Å²) in [6.45, 7) is 0. The van der Waals surface area contributed by atoms with Gasteiger partial charge in [0, 0.05) is 10.6 Å². The molecular weight excluding hydrogens is 294 g/mol. The van der Waals surface area contributed by atoms with Crippen molar-refractivity contribution in [2.75, 3.05) is 5.08 Å². The molecule has 0 aliphatic carbocycles. The van der Waals surface area contributed by atoms with Gasteiger partial charge >= 0.3 is 0 Å². The molecule has 2 aromatic rings. The number of thioether (sulfide) groups is 2. The summed E-state index contributed by atoms with van der Waals surface area (Å²) >= 11 is 9.82. The molecule has 3 nitrogen and oxygen atoms in total. The Kier molecular flexibility index (Phi) is 4.68. The Morgan fingerprint density at radius 3 is 3.06 bits per heavy atom. The van der Waals surface area contributed by atoms with Gasteiger partial charge in [0.05, 0.1) is 16.8 Å². The molecule has 2 rings (SSSR count). The van der Waals surface area contributed by atoms with Gasteiger partial charge in [-0.25, -0.2) is 0 Å². The van der Waals surface area contributed by atoms with Crippen molar-refractivity contribution in [1.29, 1.82) is 5.26 Å². The Labute approximate surface area is 117 Å². The van der Waals surface area contributed by atoms with Crippen LogP contribution in [-0.4, -0.2) is 13.8 Å². The zero-order chi connectivity index (χ0) is 12.1. The fourth-order valence-electron chi connectivity index (χ4n) is 1.20. The maximum atomic E-state index is 8.47. The minimum absolute atomic E-state index is 0.648. The SMILES string of the molecule is N#CSCSc1nsnc1-c1cccc(Cl)c1. The molecule has 86 valence electrons. The van der Waals surface area contributed by atoms with Crippen LogP contribution in [0.5, 0.6) is 0 Å². The maximum absolute atomic E-state index is 8.47. The van der Waals surface area contributed by atoms with Gasteiger partial charge in [0.25, 0.3) is 0 Å². The van der Waals surface area contributed by atoms with E-state index in [4.69, 9.17) is 16.9 Å². The number of rotatable bonds is 4. The zero-order valence-electron chi connectivity index (χ0n) is 8.46. The second-order valence-electron chi connectivity index (χ2n) is 2.93. The molecule has 17 heavy (non-hydrogen) atoms. The highest BCUT2D eigenvalue weighted by Gasteiger charge is 2.11. The van der Waals surface area contributed by atoms with Gasteiger partial charge in [-0.3, -0.25) is 0 Å². The van der Waals surface area contributed by atoms with Crippen molar-refractivity contribution in [1.82, 2.24) is 8.75 Å². The van der Waals surface area contributed by atoms with E-state index >= 15 is 0 Å². The Bertz CT molecular complexity index is 550. The minimum Gasteiger partial charge on any atom is -0.185 e. The molecule has 1 heterocycles. The van der Waals surface area contributed by atoms with Crippen LogP contribution in [0.3, 0.4) is 0 Å². The number of aromatic nitrogens is 2. The lowest BCUT2D eigenvalue weighted by Gasteiger charge is -2.00. The predicted octanol–water partition coefficient (Wildman–Crippen LogP) is 4.12. The highest BCUT2D eigenvalue weighted by molar-refractivity contribution is 8.18. The summed E-state index contributed by atoms with van der Waals surface area (Å²) < 4.78 is 8.49. The third-order valence-electron chi connectivity index (χ3n) is 1.88. The molecule has 0 unspecified atom stereocenters. The molecule has 0 amide bonds. The van der Waals surface area contributed by atoms with E-state index in [0.717, 1.165) is 16.3 Å². The summed E-state index contributed by atoms with van der Waals surface area (Å²) in [4.78, 5) is 0. The average Bonchev–Trinajstić information content (AvgIpc) is 2.78. The van der Waals surface area contributed by atoms with Gasteiger partial charge < -0.3 is 0 Å². The molecule has 0 aliphatic heterocycles. The van der Waals surface area contributed by atoms with Crippen LogP contribution in [0.25, 0.3) is 11.3 Å². The van der Waals surface area contributed by atoms with E-state index in [-0.39, 0.29) is 0 Å². The lowest BCUT2D eigenvalue weighted by Crippen LogP contribution is -1.81. The third-order valence-corrected chi connectivity index (χ3v) is 4.38. The third kappa shape index (κ3) is 3.36. The molecule has 0 N–H and O–H groups in total. The number of hydrogen-bond acceptors (Lipinski definition) is 6. The summed E-state index contributed by atoms with van der Waals surface area (Å²) in [5.41, 5.74) is 1.79. The topological polar surface area (TPSA) is 49.6 Å². The largest absolute Gasteiger partial charge is 0.185 e. The number of nitrogens with zero attached hydrogens (tertiary/aromatic N) is 3. The smallest absolute Gasteiger partial charge is 0.139 e. The molecule has 7 heteroatoms. The number of thiocyanates is 1. The Balaban J connectivity index is 2.22. The molecule has 0 fully saturated rings. The van der Waals surface area contributed by atoms with Crippen LogP contribution in [0.2, 0.25) is 5.02 Å². The average molecular weight is 300 g/mol. The molecule has 1 aromatic heterocycles. The van der Waals surface area contributed by atoms with E-state index in [1.54, 1.807) is 0 Å². The van der Waals surface area contributed by atoms with E-state index in [2.05, 4.69) is 8.75 Å². The maximum Gasteiger partial charge on any atom is 0.139 e. The van der Waals surface area contributed by atoms with Crippen molar-refractivity contribution < 1.29 is 0 Å². The van der Waals surface area contributed by atoms with Gasteiger partial charge in [0.15, 0.2) is 0 Å². The second kappa shape index (κ2) is 6.26. The predicted molar refractivity (Wildman–Crippen MR) is 74.3 cm³/mol. The van der Waals surface area contributed by atoms with Gasteiger partial charge in [-0.2, -0.15) is 14.0 Å². The van der Waals surface area contributed by atoms with Gasteiger partial charge in [-0.1, -0.05) is 35.5 Å². The van der Waals surface area contributed by atoms with Gasteiger partial charge in [-0.15, -0.1) is 0 Å². The van der Waals surface area contributed by atoms with Crippen LogP contribution in [0.15, 0.2) is 29.3 Å². The van der Waals surface area contributed by atoms with Gasteiger partial charge in [0.1, 0.15) is 16.1 Å². The van der Waals surface area contributed by atoms with Crippen LogP contribution in [0.1, 0.15) is 0 Å². The zero-order valence-corrected chi connectivity index (χ0v) is 11.7. The molecule has 0 radical (unpaired) electrons. The highest BCUT2D eigenvalue weighted by Crippen LogP contribution is 2.32. The molecule has 0 saturated heterocycles. The first-order valence-corrected chi connectivity index (χ1v) is 7.61. The van der Waals surface area contributed by atoms with Crippen LogP contribution in [0, 0.1) is 10.7 Å². The normalized spacial score (nSPS) is 10.1. The summed E-state index contributed by atoms with van der Waals surface area (Å²) in [5.74, 6) is 0. The number of halogens is 1. The summed E-state index contributed by atoms with van der Waals surface area (Å²) in [7, 11) is 0. The number of hydrogen-bond donors (Lipinski definition) is 0. The van der Waals surface area contributed by atoms with Crippen molar-refractivity contribution in [2.24, 2.45) is 0 Å². The summed E-state index contributed by atoms with van der Waals surface area (Å²) in [6.07, 6.45) is 0. The Morgan fingerprint density at radius 1 is 1.41 bits per heavy atom. The van der Waals surface area contributed by atoms with Crippen molar-refractivity contribution in [3.05, 3.63) is 29.3 Å². The molecule has 0 atom stereocenters. The first-order chi connectivity index (χ1) is 8.31. The van der Waals surface area contributed by atoms with E-state index < -0.39 is 0 Å². The lowest BCUT2D eigenvalue weighted by atomic mass is 10.2. The van der Waals surface area contributed by atoms with Crippen molar-refractivity contribution in [3.8, 4) is 16.7 Å². The first kappa shape index (κ1) is 12.7. The number of nitriles is 1. The fraction of sp³-hybridized carbons (Fsp3) is 0.100. The van der Waals surface area contributed by atoms with Gasteiger partial charge in [0.2, 0.25) is 0 Å². The summed E-state index contributed by atoms with van der Waals surface area (Å²) in [5, 5.41) is 12.7. The van der Waals surface area contributed by atoms with E-state index in [0.29, 0.717) is 10.1 Å². The van der Waals surface area contributed by atoms with Crippen LogP contribution >= 0.6 is 46.9 Å². The van der Waals surface area contributed by atoms with E-state index in [1.807, 2.05) is 29.7 Å². The van der Waals surface area contributed by atoms with Crippen LogP contribution in [-0.2, 0) is 0 Å². The van der Waals surface area contributed by atoms with Crippen LogP contribution in [0.4, 0.5) is 0 Å². The van der Waals surface area contributed by atoms with Crippen molar-refractivity contribution in [3.63, 3.8) is 0 Å². The molecule has 1 aromatic carbocycles. The highest BCUT2D eigenvalue weighted by atomic mass is 35.5. The fourth-order valence-corrected chi connectivity index (χ4v) is 3.43. The Hall–Kier alpha value is -0.740. The summed E-state index contributed by atoms with van der Waals surface area (Å²) in [6, 6.07) is 7.52. The Morgan fingerprint density at radius 2 is 2.29 bits per heavy atom. The standard InChI is InChI=1S/C10H6ClN3S3/c11-8-3-1-2-7(4-8)9-10(14-17-13-9)16-6-15-5-12/h1-4H,6H2. The monoisotopic (exact) mass is 299 g/mol. The van der Waals surface area contributed by atoms with Gasteiger partial charge in [-0.05, 0) is 23.9 Å². The quantitative estimate of drug-likeness (QED) is 0.368. The van der Waals surface area contributed by atoms with E-state index in [1.165, 1.54) is 35.3 Å². The molecule has 0 saturated carbocycles. The van der Waals surface area contributed by atoms with Crippen molar-refractivity contribution >= 4 is 46.9 Å². The second-order valence-corrected chi connectivity index (χ2v) is 5.98. The van der Waals surface area contributed by atoms with Crippen LogP contribution < -0.4 is 0 Å². The molecule has 0 bridgehead atoms. The molecule has 0 aliphatic rings. The molecule has 0 spiro atoms. The van der Waals surface area contributed by atoms with Crippen molar-refractivity contribution in [2.45, 2.75) is 5.03 Å². The molecular formula is C10H6ClN3S3. The number of benzene rings is 1. The van der Waals surface area contributed by atoms with E-state index in [9.17, 15) is 0 Å².